The summed E-state index contributed by atoms with van der Waals surface area (Å²) in [6.07, 6.45) is 0. The minimum Gasteiger partial charge on any atom is -0.348 e. The number of benzene rings is 3. The van der Waals surface area contributed by atoms with Gasteiger partial charge >= 0.3 is 0 Å². The molecule has 0 bridgehead atoms. The maximum absolute atomic E-state index is 13.7. The van der Waals surface area contributed by atoms with E-state index in [0.29, 0.717) is 11.1 Å². The van der Waals surface area contributed by atoms with Gasteiger partial charge in [0.25, 0.3) is 11.8 Å². The Morgan fingerprint density at radius 2 is 1.52 bits per heavy atom. The highest BCUT2D eigenvalue weighted by Gasteiger charge is 2.14. The smallest absolute Gasteiger partial charge is 0.275 e. The van der Waals surface area contributed by atoms with Crippen LogP contribution in [-0.4, -0.2) is 17.0 Å². The standard InChI is InChI=1S/C21H17FN2O3.C2H6/c22-19-9-5-4-8-17(19)20(25)23-13-14-10-11-16(21(26)24-27)18(12-14)15-6-2-1-3-7-15;1-2/h1-12,27H,13H2,(H,23,25)(H,24,26);1-2H3. The van der Waals surface area contributed by atoms with E-state index < -0.39 is 17.6 Å². The number of carbonyl (C=O) groups is 2. The summed E-state index contributed by atoms with van der Waals surface area (Å²) in [5.41, 5.74) is 4.04. The van der Waals surface area contributed by atoms with Gasteiger partial charge in [0.05, 0.1) is 5.56 Å². The molecule has 150 valence electrons. The van der Waals surface area contributed by atoms with Gasteiger partial charge in [-0.05, 0) is 41.0 Å². The summed E-state index contributed by atoms with van der Waals surface area (Å²) in [4.78, 5) is 24.1. The average Bonchev–Trinajstić information content (AvgIpc) is 2.79. The third kappa shape index (κ3) is 5.49. The van der Waals surface area contributed by atoms with Gasteiger partial charge in [-0.25, -0.2) is 9.87 Å². The predicted molar refractivity (Wildman–Crippen MR) is 110 cm³/mol. The molecule has 29 heavy (non-hydrogen) atoms. The van der Waals surface area contributed by atoms with Crippen LogP contribution >= 0.6 is 0 Å². The van der Waals surface area contributed by atoms with Crippen molar-refractivity contribution in [2.24, 2.45) is 0 Å². The molecule has 0 saturated heterocycles. The van der Waals surface area contributed by atoms with Crippen molar-refractivity contribution in [2.45, 2.75) is 20.4 Å². The monoisotopic (exact) mass is 394 g/mol. The van der Waals surface area contributed by atoms with Crippen LogP contribution in [-0.2, 0) is 6.54 Å². The van der Waals surface area contributed by atoms with Gasteiger partial charge in [-0.2, -0.15) is 0 Å². The van der Waals surface area contributed by atoms with Gasteiger partial charge in [0, 0.05) is 12.1 Å². The fourth-order valence-electron chi connectivity index (χ4n) is 2.74. The molecule has 3 rings (SSSR count). The van der Waals surface area contributed by atoms with Crippen LogP contribution in [0.4, 0.5) is 4.39 Å². The van der Waals surface area contributed by atoms with E-state index in [2.05, 4.69) is 5.32 Å². The van der Waals surface area contributed by atoms with E-state index in [1.54, 1.807) is 29.7 Å². The fraction of sp³-hybridized carbons (Fsp3) is 0.130. The molecular formula is C23H23FN2O3. The van der Waals surface area contributed by atoms with Crippen molar-refractivity contribution in [3.05, 3.63) is 95.3 Å². The first-order valence-electron chi connectivity index (χ1n) is 9.25. The molecule has 0 aliphatic heterocycles. The third-order valence-electron chi connectivity index (χ3n) is 4.09. The van der Waals surface area contributed by atoms with Crippen molar-refractivity contribution in [3.63, 3.8) is 0 Å². The van der Waals surface area contributed by atoms with Gasteiger partial charge in [-0.15, -0.1) is 0 Å². The van der Waals surface area contributed by atoms with E-state index in [9.17, 15) is 14.0 Å². The Kier molecular flexibility index (Phi) is 8.06. The molecule has 0 aromatic heterocycles. The van der Waals surface area contributed by atoms with Crippen LogP contribution in [0.1, 0.15) is 40.1 Å². The fourth-order valence-corrected chi connectivity index (χ4v) is 2.74. The molecule has 3 aromatic carbocycles. The first kappa shape index (κ1) is 21.8. The maximum Gasteiger partial charge on any atom is 0.275 e. The molecule has 0 radical (unpaired) electrons. The summed E-state index contributed by atoms with van der Waals surface area (Å²) < 4.78 is 13.7. The Balaban J connectivity index is 0.00000145. The Morgan fingerprint density at radius 3 is 2.17 bits per heavy atom. The molecule has 0 fully saturated rings. The summed E-state index contributed by atoms with van der Waals surface area (Å²) in [5, 5.41) is 11.6. The number of amides is 2. The molecule has 3 aromatic rings. The average molecular weight is 394 g/mol. The van der Waals surface area contributed by atoms with Crippen molar-refractivity contribution < 1.29 is 19.2 Å². The van der Waals surface area contributed by atoms with Crippen molar-refractivity contribution in [3.8, 4) is 11.1 Å². The van der Waals surface area contributed by atoms with E-state index in [1.807, 2.05) is 44.2 Å². The largest absolute Gasteiger partial charge is 0.348 e. The summed E-state index contributed by atoms with van der Waals surface area (Å²) >= 11 is 0. The van der Waals surface area contributed by atoms with E-state index in [1.165, 1.54) is 18.2 Å². The highest BCUT2D eigenvalue weighted by molar-refractivity contribution is 6.00. The molecule has 2 amide bonds. The minimum atomic E-state index is -0.629. The van der Waals surface area contributed by atoms with Crippen LogP contribution < -0.4 is 10.8 Å². The molecule has 0 spiro atoms. The van der Waals surface area contributed by atoms with E-state index in [-0.39, 0.29) is 12.1 Å². The highest BCUT2D eigenvalue weighted by atomic mass is 19.1. The molecule has 0 unspecified atom stereocenters. The molecule has 3 N–H and O–H groups in total. The van der Waals surface area contributed by atoms with Gasteiger partial charge in [0.15, 0.2) is 0 Å². The second-order valence-corrected chi connectivity index (χ2v) is 5.85. The molecular weight excluding hydrogens is 371 g/mol. The Bertz CT molecular complexity index is 975. The van der Waals surface area contributed by atoms with Crippen LogP contribution in [0.5, 0.6) is 0 Å². The molecule has 5 nitrogen and oxygen atoms in total. The first-order valence-corrected chi connectivity index (χ1v) is 9.25. The number of halogens is 1. The molecule has 0 aliphatic carbocycles. The Labute approximate surface area is 169 Å². The lowest BCUT2D eigenvalue weighted by Gasteiger charge is -2.12. The molecule has 0 heterocycles. The number of carbonyl (C=O) groups excluding carboxylic acids is 2. The van der Waals surface area contributed by atoms with E-state index in [0.717, 1.165) is 11.1 Å². The molecule has 0 atom stereocenters. The number of hydrogen-bond donors (Lipinski definition) is 3. The molecule has 6 heteroatoms. The van der Waals surface area contributed by atoms with Crippen LogP contribution in [0, 0.1) is 5.82 Å². The zero-order valence-corrected chi connectivity index (χ0v) is 16.3. The van der Waals surface area contributed by atoms with Crippen LogP contribution in [0.25, 0.3) is 11.1 Å². The van der Waals surface area contributed by atoms with Gasteiger partial charge in [0.2, 0.25) is 0 Å². The Hall–Kier alpha value is -3.51. The lowest BCUT2D eigenvalue weighted by molar-refractivity contribution is 0.0707. The number of hydroxylamine groups is 1. The summed E-state index contributed by atoms with van der Waals surface area (Å²) in [5.74, 6) is -1.74. The lowest BCUT2D eigenvalue weighted by Crippen LogP contribution is -2.24. The zero-order chi connectivity index (χ0) is 21.2. The van der Waals surface area contributed by atoms with Crippen molar-refractivity contribution in [1.29, 1.82) is 0 Å². The van der Waals surface area contributed by atoms with Crippen molar-refractivity contribution in [1.82, 2.24) is 10.8 Å². The van der Waals surface area contributed by atoms with E-state index in [4.69, 9.17) is 5.21 Å². The Morgan fingerprint density at radius 1 is 0.862 bits per heavy atom. The summed E-state index contributed by atoms with van der Waals surface area (Å²) in [6, 6.07) is 19.9. The summed E-state index contributed by atoms with van der Waals surface area (Å²) in [7, 11) is 0. The van der Waals surface area contributed by atoms with Crippen LogP contribution in [0.3, 0.4) is 0 Å². The quantitative estimate of drug-likeness (QED) is 0.438. The second-order valence-electron chi connectivity index (χ2n) is 5.85. The van der Waals surface area contributed by atoms with Gasteiger partial charge in [0.1, 0.15) is 5.82 Å². The molecule has 0 saturated carbocycles. The predicted octanol–water partition coefficient (Wildman–Crippen LogP) is 4.57. The van der Waals surface area contributed by atoms with Crippen molar-refractivity contribution >= 4 is 11.8 Å². The van der Waals surface area contributed by atoms with Gasteiger partial charge < -0.3 is 5.32 Å². The lowest BCUT2D eigenvalue weighted by atomic mass is 9.96. The highest BCUT2D eigenvalue weighted by Crippen LogP contribution is 2.25. The first-order chi connectivity index (χ1) is 14.1. The normalized spacial score (nSPS) is 9.79. The van der Waals surface area contributed by atoms with Gasteiger partial charge in [-0.1, -0.05) is 62.4 Å². The SMILES string of the molecule is CC.O=C(NCc1ccc(C(=O)NO)c(-c2ccccc2)c1)c1ccccc1F. The van der Waals surface area contributed by atoms with Gasteiger partial charge in [-0.3, -0.25) is 14.8 Å². The second kappa shape index (κ2) is 10.7. The maximum atomic E-state index is 13.7. The van der Waals surface area contributed by atoms with Crippen LogP contribution in [0.2, 0.25) is 0 Å². The van der Waals surface area contributed by atoms with Crippen molar-refractivity contribution in [2.75, 3.05) is 0 Å². The zero-order valence-electron chi connectivity index (χ0n) is 16.3. The number of nitrogens with one attached hydrogen (secondary N) is 2. The number of rotatable bonds is 5. The number of hydrogen-bond acceptors (Lipinski definition) is 3. The minimum absolute atomic E-state index is 0.0305. The summed E-state index contributed by atoms with van der Waals surface area (Å²) in [6.45, 7) is 4.16. The topological polar surface area (TPSA) is 78.4 Å². The van der Waals surface area contributed by atoms with E-state index >= 15 is 0 Å². The van der Waals surface area contributed by atoms with Crippen LogP contribution in [0.15, 0.2) is 72.8 Å². The third-order valence-corrected chi connectivity index (χ3v) is 4.09. The molecule has 0 aliphatic rings.